The van der Waals surface area contributed by atoms with Gasteiger partial charge in [-0.25, -0.2) is 9.78 Å². The van der Waals surface area contributed by atoms with Gasteiger partial charge in [0.05, 0.1) is 5.92 Å². The summed E-state index contributed by atoms with van der Waals surface area (Å²) >= 11 is 0. The molecule has 0 saturated carbocycles. The smallest absolute Gasteiger partial charge is 0.342 e. The Morgan fingerprint density at radius 2 is 1.48 bits per heavy atom. The van der Waals surface area contributed by atoms with Crippen molar-refractivity contribution in [2.24, 2.45) is 0 Å². The first kappa shape index (κ1) is 14.7. The highest BCUT2D eigenvalue weighted by Crippen LogP contribution is 2.28. The maximum absolute atomic E-state index is 12.0. The van der Waals surface area contributed by atoms with Crippen molar-refractivity contribution in [3.8, 4) is 0 Å². The van der Waals surface area contributed by atoms with E-state index in [9.17, 15) is 9.59 Å². The minimum atomic E-state index is -1.29. The molecule has 0 unspecified atom stereocenters. The van der Waals surface area contributed by atoms with Crippen molar-refractivity contribution in [2.75, 3.05) is 0 Å². The molecule has 0 amide bonds. The van der Waals surface area contributed by atoms with Crippen LogP contribution in [0.25, 0.3) is 0 Å². The predicted octanol–water partition coefficient (Wildman–Crippen LogP) is 2.65. The van der Waals surface area contributed by atoms with Crippen molar-refractivity contribution >= 4 is 5.97 Å². The Bertz CT molecular complexity index is 834. The van der Waals surface area contributed by atoms with E-state index in [0.717, 1.165) is 17.3 Å². The third-order valence-electron chi connectivity index (χ3n) is 3.59. The number of nitrogens with one attached hydrogen (secondary N) is 1. The zero-order valence-corrected chi connectivity index (χ0v) is 12.1. The van der Waals surface area contributed by atoms with Crippen LogP contribution in [0.3, 0.4) is 0 Å². The number of carboxylic acid groups (broad SMARTS) is 1. The summed E-state index contributed by atoms with van der Waals surface area (Å²) in [6, 6.07) is 19.3. The lowest BCUT2D eigenvalue weighted by Crippen LogP contribution is -2.22. The summed E-state index contributed by atoms with van der Waals surface area (Å²) in [6.45, 7) is 0. The van der Waals surface area contributed by atoms with Gasteiger partial charge in [-0.15, -0.1) is 0 Å². The van der Waals surface area contributed by atoms with Crippen LogP contribution >= 0.6 is 0 Å². The second kappa shape index (κ2) is 6.27. The first-order valence-electron chi connectivity index (χ1n) is 7.09. The minimum Gasteiger partial charge on any atom is -0.477 e. The second-order valence-electron chi connectivity index (χ2n) is 5.07. The largest absolute Gasteiger partial charge is 0.477 e. The number of aromatic amines is 1. The highest BCUT2D eigenvalue weighted by molar-refractivity contribution is 5.86. The molecule has 1 heterocycles. The number of aromatic carboxylic acids is 1. The van der Waals surface area contributed by atoms with Gasteiger partial charge in [0.15, 0.2) is 0 Å². The molecule has 0 saturated heterocycles. The van der Waals surface area contributed by atoms with Crippen LogP contribution in [0, 0.1) is 0 Å². The van der Waals surface area contributed by atoms with Crippen molar-refractivity contribution in [3.05, 3.63) is 99.7 Å². The SMILES string of the molecule is O=C(O)c1cnc(C(c2ccccc2)c2ccccc2)[nH]c1=O. The van der Waals surface area contributed by atoms with Gasteiger partial charge in [-0.3, -0.25) is 4.79 Å². The van der Waals surface area contributed by atoms with E-state index < -0.39 is 11.5 Å². The Morgan fingerprint density at radius 3 is 1.91 bits per heavy atom. The Hall–Kier alpha value is -3.21. The average Bonchev–Trinajstić information content (AvgIpc) is 2.57. The van der Waals surface area contributed by atoms with Crippen LogP contribution < -0.4 is 5.56 Å². The second-order valence-corrected chi connectivity index (χ2v) is 5.07. The lowest BCUT2D eigenvalue weighted by atomic mass is 9.90. The summed E-state index contributed by atoms with van der Waals surface area (Å²) in [7, 11) is 0. The molecular formula is C18H14N2O3. The van der Waals surface area contributed by atoms with Gasteiger partial charge in [0.2, 0.25) is 0 Å². The van der Waals surface area contributed by atoms with Crippen molar-refractivity contribution < 1.29 is 9.90 Å². The number of aromatic nitrogens is 2. The Labute approximate surface area is 132 Å². The Morgan fingerprint density at radius 1 is 0.957 bits per heavy atom. The first-order valence-corrected chi connectivity index (χ1v) is 7.09. The lowest BCUT2D eigenvalue weighted by Gasteiger charge is -2.17. The van der Waals surface area contributed by atoms with Crippen LogP contribution in [0.2, 0.25) is 0 Å². The van der Waals surface area contributed by atoms with Crippen LogP contribution in [0.15, 0.2) is 71.7 Å². The van der Waals surface area contributed by atoms with Gasteiger partial charge in [0.1, 0.15) is 11.4 Å². The number of carboxylic acids is 1. The van der Waals surface area contributed by atoms with E-state index in [-0.39, 0.29) is 11.5 Å². The fourth-order valence-electron chi connectivity index (χ4n) is 2.51. The molecule has 2 aromatic carbocycles. The summed E-state index contributed by atoms with van der Waals surface area (Å²) in [5, 5.41) is 8.97. The van der Waals surface area contributed by atoms with Gasteiger partial charge in [-0.2, -0.15) is 0 Å². The van der Waals surface area contributed by atoms with Crippen molar-refractivity contribution in [2.45, 2.75) is 5.92 Å². The molecule has 3 rings (SSSR count). The van der Waals surface area contributed by atoms with Gasteiger partial charge in [0.25, 0.3) is 5.56 Å². The maximum Gasteiger partial charge on any atom is 0.342 e. The fraction of sp³-hybridized carbons (Fsp3) is 0.0556. The lowest BCUT2D eigenvalue weighted by molar-refractivity contribution is 0.0694. The third kappa shape index (κ3) is 3.03. The summed E-state index contributed by atoms with van der Waals surface area (Å²) < 4.78 is 0. The zero-order valence-electron chi connectivity index (χ0n) is 12.1. The number of rotatable bonds is 4. The molecule has 0 radical (unpaired) electrons. The molecule has 0 aliphatic rings. The van der Waals surface area contributed by atoms with Crippen LogP contribution in [0.5, 0.6) is 0 Å². The Balaban J connectivity index is 2.15. The van der Waals surface area contributed by atoms with Crippen LogP contribution in [-0.4, -0.2) is 21.0 Å². The van der Waals surface area contributed by atoms with Gasteiger partial charge >= 0.3 is 5.97 Å². The molecule has 23 heavy (non-hydrogen) atoms. The molecule has 0 fully saturated rings. The topological polar surface area (TPSA) is 83.0 Å². The van der Waals surface area contributed by atoms with Crippen molar-refractivity contribution in [1.82, 2.24) is 9.97 Å². The third-order valence-corrected chi connectivity index (χ3v) is 3.59. The standard InChI is InChI=1S/C18H14N2O3/c21-17-14(18(22)23)11-19-16(20-17)15(12-7-3-1-4-8-12)13-9-5-2-6-10-13/h1-11,15H,(H,22,23)(H,19,20,21). The van der Waals surface area contributed by atoms with E-state index in [2.05, 4.69) is 9.97 Å². The number of nitrogens with zero attached hydrogens (tertiary/aromatic N) is 1. The molecule has 0 aliphatic heterocycles. The van der Waals surface area contributed by atoms with E-state index in [1.807, 2.05) is 60.7 Å². The van der Waals surface area contributed by atoms with E-state index in [0.29, 0.717) is 5.82 Å². The molecule has 114 valence electrons. The van der Waals surface area contributed by atoms with Gasteiger partial charge in [-0.05, 0) is 11.1 Å². The number of H-pyrrole nitrogens is 1. The van der Waals surface area contributed by atoms with Gasteiger partial charge < -0.3 is 10.1 Å². The molecule has 0 spiro atoms. The molecule has 0 atom stereocenters. The number of hydrogen-bond donors (Lipinski definition) is 2. The molecule has 0 bridgehead atoms. The van der Waals surface area contributed by atoms with E-state index >= 15 is 0 Å². The highest BCUT2D eigenvalue weighted by atomic mass is 16.4. The molecular weight excluding hydrogens is 292 g/mol. The molecule has 1 aromatic heterocycles. The van der Waals surface area contributed by atoms with Crippen molar-refractivity contribution in [1.29, 1.82) is 0 Å². The highest BCUT2D eigenvalue weighted by Gasteiger charge is 2.20. The van der Waals surface area contributed by atoms with E-state index in [4.69, 9.17) is 5.11 Å². The van der Waals surface area contributed by atoms with Gasteiger partial charge in [-0.1, -0.05) is 60.7 Å². The molecule has 5 nitrogen and oxygen atoms in total. The molecule has 3 aromatic rings. The molecule has 0 aliphatic carbocycles. The summed E-state index contributed by atoms with van der Waals surface area (Å²) in [5.74, 6) is -1.15. The summed E-state index contributed by atoms with van der Waals surface area (Å²) in [4.78, 5) is 29.7. The normalized spacial score (nSPS) is 10.7. The summed E-state index contributed by atoms with van der Waals surface area (Å²) in [5.41, 5.74) is 0.905. The quantitative estimate of drug-likeness (QED) is 0.776. The average molecular weight is 306 g/mol. The monoisotopic (exact) mass is 306 g/mol. The minimum absolute atomic E-state index is 0.270. The Kier molecular flexibility index (Phi) is 4.01. The molecule has 2 N–H and O–H groups in total. The van der Waals surface area contributed by atoms with Crippen LogP contribution in [0.1, 0.15) is 33.2 Å². The van der Waals surface area contributed by atoms with Crippen LogP contribution in [0.4, 0.5) is 0 Å². The number of hydrogen-bond acceptors (Lipinski definition) is 3. The fourth-order valence-corrected chi connectivity index (χ4v) is 2.51. The predicted molar refractivity (Wildman–Crippen MR) is 85.6 cm³/mol. The first-order chi connectivity index (χ1) is 11.2. The van der Waals surface area contributed by atoms with Crippen LogP contribution in [-0.2, 0) is 0 Å². The maximum atomic E-state index is 12.0. The van der Waals surface area contributed by atoms with Crippen molar-refractivity contribution in [3.63, 3.8) is 0 Å². The number of carbonyl (C=O) groups is 1. The summed E-state index contributed by atoms with van der Waals surface area (Å²) in [6.07, 6.45) is 1.11. The van der Waals surface area contributed by atoms with E-state index in [1.54, 1.807) is 0 Å². The van der Waals surface area contributed by atoms with E-state index in [1.165, 1.54) is 0 Å². The van der Waals surface area contributed by atoms with Gasteiger partial charge in [0, 0.05) is 6.20 Å². The number of benzene rings is 2. The zero-order chi connectivity index (χ0) is 16.2. The molecule has 5 heteroatoms.